The van der Waals surface area contributed by atoms with Gasteiger partial charge in [0.1, 0.15) is 24.7 Å². The van der Waals surface area contributed by atoms with Gasteiger partial charge in [-0.15, -0.1) is 0 Å². The van der Waals surface area contributed by atoms with Gasteiger partial charge in [-0.2, -0.15) is 4.98 Å². The maximum atomic E-state index is 12.7. The second kappa shape index (κ2) is 6.51. The first-order valence-corrected chi connectivity index (χ1v) is 10.1. The molecule has 0 saturated heterocycles. The lowest BCUT2D eigenvalue weighted by molar-refractivity contribution is 0.181. The molecule has 2 saturated carbocycles. The Balaban J connectivity index is 1.19. The molecule has 0 aliphatic heterocycles. The van der Waals surface area contributed by atoms with E-state index in [4.69, 9.17) is 9.26 Å². The average molecular weight is 404 g/mol. The Labute approximate surface area is 171 Å². The molecule has 0 unspecified atom stereocenters. The van der Waals surface area contributed by atoms with Crippen LogP contribution in [-0.2, 0) is 13.6 Å². The number of imidazole rings is 1. The lowest BCUT2D eigenvalue weighted by atomic mass is 10.1. The summed E-state index contributed by atoms with van der Waals surface area (Å²) in [7, 11) is 1.77. The molecule has 0 bridgehead atoms. The van der Waals surface area contributed by atoms with Crippen molar-refractivity contribution < 1.29 is 9.26 Å². The van der Waals surface area contributed by atoms with Gasteiger partial charge in [-0.05, 0) is 30.9 Å². The molecule has 9 nitrogen and oxygen atoms in total. The minimum Gasteiger partial charge on any atom is -0.490 e. The van der Waals surface area contributed by atoms with E-state index < -0.39 is 0 Å². The molecule has 4 aromatic rings. The second-order valence-corrected chi connectivity index (χ2v) is 8.07. The first-order chi connectivity index (χ1) is 14.7. The van der Waals surface area contributed by atoms with Crippen LogP contribution in [0.3, 0.4) is 0 Å². The highest BCUT2D eigenvalue weighted by atomic mass is 16.5. The zero-order chi connectivity index (χ0) is 20.2. The van der Waals surface area contributed by atoms with Gasteiger partial charge in [0, 0.05) is 18.9 Å². The van der Waals surface area contributed by atoms with Crippen molar-refractivity contribution in [2.45, 2.75) is 31.4 Å². The SMILES string of the molecule is Cn1cnc2ncn(Cc3nc([C@@H]4[C@H]5CC[C@H](Oc6ccccc6)[C@H]54)no3)c(=O)c21. The summed E-state index contributed by atoms with van der Waals surface area (Å²) in [6, 6.07) is 9.93. The molecule has 6 rings (SSSR count). The van der Waals surface area contributed by atoms with Gasteiger partial charge in [-0.25, -0.2) is 9.97 Å². The third-order valence-corrected chi connectivity index (χ3v) is 6.26. The fourth-order valence-electron chi connectivity index (χ4n) is 4.80. The predicted molar refractivity (Wildman–Crippen MR) is 106 cm³/mol. The number of ether oxygens (including phenoxy) is 1. The van der Waals surface area contributed by atoms with Crippen molar-refractivity contribution in [3.8, 4) is 5.75 Å². The highest BCUT2D eigenvalue weighted by Crippen LogP contribution is 2.63. The second-order valence-electron chi connectivity index (χ2n) is 8.07. The lowest BCUT2D eigenvalue weighted by Crippen LogP contribution is -2.22. The summed E-state index contributed by atoms with van der Waals surface area (Å²) in [4.78, 5) is 25.6. The molecule has 0 N–H and O–H groups in total. The van der Waals surface area contributed by atoms with E-state index >= 15 is 0 Å². The number of fused-ring (bicyclic) bond motifs is 2. The van der Waals surface area contributed by atoms with E-state index in [0.29, 0.717) is 34.7 Å². The van der Waals surface area contributed by atoms with E-state index in [0.717, 1.165) is 18.6 Å². The Morgan fingerprint density at radius 2 is 2.00 bits per heavy atom. The Kier molecular flexibility index (Phi) is 3.77. The number of hydrogen-bond acceptors (Lipinski definition) is 7. The number of benzene rings is 1. The van der Waals surface area contributed by atoms with Crippen molar-refractivity contribution in [1.29, 1.82) is 0 Å². The molecule has 0 radical (unpaired) electrons. The normalized spacial score (nSPS) is 24.8. The monoisotopic (exact) mass is 404 g/mol. The molecule has 152 valence electrons. The van der Waals surface area contributed by atoms with Crippen LogP contribution in [0.2, 0.25) is 0 Å². The number of aromatic nitrogens is 6. The van der Waals surface area contributed by atoms with Gasteiger partial charge in [0.05, 0.1) is 6.33 Å². The van der Waals surface area contributed by atoms with Crippen LogP contribution < -0.4 is 10.3 Å². The van der Waals surface area contributed by atoms with E-state index in [1.807, 2.05) is 30.3 Å². The third-order valence-electron chi connectivity index (χ3n) is 6.26. The molecular formula is C21H20N6O3. The molecule has 2 aliphatic rings. The van der Waals surface area contributed by atoms with Crippen LogP contribution in [0.25, 0.3) is 11.2 Å². The van der Waals surface area contributed by atoms with Gasteiger partial charge < -0.3 is 13.8 Å². The first kappa shape index (κ1) is 17.4. The molecular weight excluding hydrogens is 384 g/mol. The Morgan fingerprint density at radius 1 is 1.17 bits per heavy atom. The number of hydrogen-bond donors (Lipinski definition) is 0. The van der Waals surface area contributed by atoms with E-state index in [-0.39, 0.29) is 24.1 Å². The maximum Gasteiger partial charge on any atom is 0.280 e. The van der Waals surface area contributed by atoms with Crippen molar-refractivity contribution in [3.63, 3.8) is 0 Å². The fraction of sp³-hybridized carbons (Fsp3) is 0.381. The standard InChI is InChI=1S/C21H20N6O3/c1-26-10-22-20-18(26)21(28)27(11-23-20)9-15-24-19(25-30-15)17-13-7-8-14(16(13)17)29-12-5-3-2-4-6-12/h2-6,10-11,13-14,16-17H,7-9H2,1H3/t13-,14-,16-,17+/m0/s1. The van der Waals surface area contributed by atoms with Crippen LogP contribution in [0.1, 0.15) is 30.5 Å². The predicted octanol–water partition coefficient (Wildman–Crippen LogP) is 2.13. The van der Waals surface area contributed by atoms with Gasteiger partial charge in [0.25, 0.3) is 5.56 Å². The van der Waals surface area contributed by atoms with Crippen LogP contribution >= 0.6 is 0 Å². The van der Waals surface area contributed by atoms with Crippen LogP contribution in [0, 0.1) is 11.8 Å². The van der Waals surface area contributed by atoms with Gasteiger partial charge in [-0.1, -0.05) is 23.4 Å². The van der Waals surface area contributed by atoms with Gasteiger partial charge in [0.15, 0.2) is 17.0 Å². The first-order valence-electron chi connectivity index (χ1n) is 10.1. The van der Waals surface area contributed by atoms with Crippen molar-refractivity contribution in [1.82, 2.24) is 29.2 Å². The van der Waals surface area contributed by atoms with E-state index in [1.165, 1.54) is 10.9 Å². The van der Waals surface area contributed by atoms with Crippen molar-refractivity contribution >= 4 is 11.2 Å². The molecule has 2 aliphatic carbocycles. The third kappa shape index (κ3) is 2.72. The summed E-state index contributed by atoms with van der Waals surface area (Å²) >= 11 is 0. The van der Waals surface area contributed by atoms with Gasteiger partial charge in [-0.3, -0.25) is 9.36 Å². The molecule has 2 fully saturated rings. The Hall–Kier alpha value is -3.49. The zero-order valence-corrected chi connectivity index (χ0v) is 16.4. The summed E-state index contributed by atoms with van der Waals surface area (Å²) in [5, 5.41) is 4.20. The summed E-state index contributed by atoms with van der Waals surface area (Å²) in [5.74, 6) is 3.24. The van der Waals surface area contributed by atoms with Crippen LogP contribution in [0.4, 0.5) is 0 Å². The fourth-order valence-corrected chi connectivity index (χ4v) is 4.80. The Morgan fingerprint density at radius 3 is 2.87 bits per heavy atom. The number of para-hydroxylation sites is 1. The minimum absolute atomic E-state index is 0.181. The highest BCUT2D eigenvalue weighted by molar-refractivity contribution is 5.68. The van der Waals surface area contributed by atoms with Crippen LogP contribution in [0.15, 0.2) is 52.3 Å². The Bertz CT molecular complexity index is 1280. The molecule has 9 heteroatoms. The number of nitrogens with zero attached hydrogens (tertiary/aromatic N) is 6. The molecule has 0 amide bonds. The smallest absolute Gasteiger partial charge is 0.280 e. The molecule has 30 heavy (non-hydrogen) atoms. The lowest BCUT2D eigenvalue weighted by Gasteiger charge is -2.16. The van der Waals surface area contributed by atoms with Crippen molar-refractivity contribution in [2.24, 2.45) is 18.9 Å². The zero-order valence-electron chi connectivity index (χ0n) is 16.4. The maximum absolute atomic E-state index is 12.7. The topological polar surface area (TPSA) is 101 Å². The molecule has 3 heterocycles. The summed E-state index contributed by atoms with van der Waals surface area (Å²) in [6.07, 6.45) is 5.39. The summed E-state index contributed by atoms with van der Waals surface area (Å²) < 4.78 is 14.8. The number of aryl methyl sites for hydroxylation is 1. The van der Waals surface area contributed by atoms with E-state index in [2.05, 4.69) is 20.1 Å². The number of rotatable bonds is 5. The van der Waals surface area contributed by atoms with Crippen molar-refractivity contribution in [2.75, 3.05) is 0 Å². The summed E-state index contributed by atoms with van der Waals surface area (Å²) in [6.45, 7) is 0.186. The minimum atomic E-state index is -0.181. The quantitative estimate of drug-likeness (QED) is 0.502. The molecule has 1 aromatic carbocycles. The molecule has 3 aromatic heterocycles. The average Bonchev–Trinajstić information content (AvgIpc) is 3.09. The molecule has 4 atom stereocenters. The van der Waals surface area contributed by atoms with Crippen LogP contribution in [0.5, 0.6) is 5.75 Å². The van der Waals surface area contributed by atoms with Gasteiger partial charge in [0.2, 0.25) is 5.89 Å². The van der Waals surface area contributed by atoms with Crippen molar-refractivity contribution in [3.05, 3.63) is 65.1 Å². The van der Waals surface area contributed by atoms with E-state index in [9.17, 15) is 4.79 Å². The summed E-state index contributed by atoms with van der Waals surface area (Å²) in [5.41, 5.74) is 0.703. The molecule has 0 spiro atoms. The van der Waals surface area contributed by atoms with Gasteiger partial charge >= 0.3 is 0 Å². The van der Waals surface area contributed by atoms with Crippen LogP contribution in [-0.4, -0.2) is 35.3 Å². The van der Waals surface area contributed by atoms with E-state index in [1.54, 1.807) is 17.9 Å². The largest absolute Gasteiger partial charge is 0.490 e. The highest BCUT2D eigenvalue weighted by Gasteiger charge is 2.61.